The molecule has 0 bridgehead atoms. The van der Waals surface area contributed by atoms with Gasteiger partial charge < -0.3 is 10.6 Å². The summed E-state index contributed by atoms with van der Waals surface area (Å²) in [5, 5.41) is 5.46. The summed E-state index contributed by atoms with van der Waals surface area (Å²) in [4.78, 5) is 23.8. The highest BCUT2D eigenvalue weighted by Crippen LogP contribution is 2.20. The van der Waals surface area contributed by atoms with Gasteiger partial charge in [-0.3, -0.25) is 9.59 Å². The number of rotatable bonds is 5. The lowest BCUT2D eigenvalue weighted by Crippen LogP contribution is -2.19. The van der Waals surface area contributed by atoms with E-state index in [1.807, 2.05) is 66.7 Å². The van der Waals surface area contributed by atoms with Gasteiger partial charge in [0, 0.05) is 18.3 Å². The van der Waals surface area contributed by atoms with Crippen molar-refractivity contribution in [2.45, 2.75) is 6.42 Å². The van der Waals surface area contributed by atoms with Crippen molar-refractivity contribution < 1.29 is 9.59 Å². The molecule has 0 atom stereocenters. The van der Waals surface area contributed by atoms with Crippen LogP contribution in [0.2, 0.25) is 0 Å². The molecule has 2 N–H and O–H groups in total. The summed E-state index contributed by atoms with van der Waals surface area (Å²) in [5.41, 5.74) is 4.38. The molecule has 4 nitrogen and oxygen atoms in total. The van der Waals surface area contributed by atoms with Gasteiger partial charge in [0.25, 0.3) is 5.91 Å². The highest BCUT2D eigenvalue weighted by atomic mass is 16.2. The standard InChI is InChI=1S/C22H20N2O2/c1-23-21(25)15-16-7-13-20(14-8-16)24-22(26)19-11-9-18(10-12-19)17-5-3-2-4-6-17/h2-14H,15H2,1H3,(H,23,25)(H,24,26). The number of amides is 2. The van der Waals surface area contributed by atoms with Crippen molar-refractivity contribution in [3.05, 3.63) is 90.0 Å². The molecule has 3 aromatic rings. The third-order valence-corrected chi connectivity index (χ3v) is 4.11. The van der Waals surface area contributed by atoms with Crippen LogP contribution >= 0.6 is 0 Å². The Kier molecular flexibility index (Phi) is 5.44. The van der Waals surface area contributed by atoms with E-state index in [1.165, 1.54) is 0 Å². The van der Waals surface area contributed by atoms with E-state index in [0.29, 0.717) is 17.7 Å². The fourth-order valence-corrected chi connectivity index (χ4v) is 2.63. The van der Waals surface area contributed by atoms with Gasteiger partial charge in [0.2, 0.25) is 5.91 Å². The topological polar surface area (TPSA) is 58.2 Å². The first-order valence-electron chi connectivity index (χ1n) is 8.42. The summed E-state index contributed by atoms with van der Waals surface area (Å²) >= 11 is 0. The van der Waals surface area contributed by atoms with Crippen LogP contribution in [0.5, 0.6) is 0 Å². The van der Waals surface area contributed by atoms with Gasteiger partial charge in [-0.05, 0) is 41.0 Å². The van der Waals surface area contributed by atoms with Crippen LogP contribution in [-0.4, -0.2) is 18.9 Å². The monoisotopic (exact) mass is 344 g/mol. The lowest BCUT2D eigenvalue weighted by molar-refractivity contribution is -0.119. The molecule has 0 saturated carbocycles. The van der Waals surface area contributed by atoms with Crippen molar-refractivity contribution in [2.24, 2.45) is 0 Å². The van der Waals surface area contributed by atoms with E-state index in [9.17, 15) is 9.59 Å². The van der Waals surface area contributed by atoms with Gasteiger partial charge in [-0.15, -0.1) is 0 Å². The Hall–Kier alpha value is -3.40. The molecule has 4 heteroatoms. The minimum atomic E-state index is -0.163. The SMILES string of the molecule is CNC(=O)Cc1ccc(NC(=O)c2ccc(-c3ccccc3)cc2)cc1. The van der Waals surface area contributed by atoms with E-state index in [2.05, 4.69) is 10.6 Å². The molecule has 0 unspecified atom stereocenters. The zero-order valence-electron chi connectivity index (χ0n) is 14.5. The first-order chi connectivity index (χ1) is 12.7. The molecular weight excluding hydrogens is 324 g/mol. The Bertz CT molecular complexity index is 886. The first kappa shape index (κ1) is 17.4. The lowest BCUT2D eigenvalue weighted by Gasteiger charge is -2.08. The smallest absolute Gasteiger partial charge is 0.255 e. The molecule has 0 saturated heterocycles. The number of likely N-dealkylation sites (N-methyl/N-ethyl adjacent to an activating group) is 1. The van der Waals surface area contributed by atoms with Crippen molar-refractivity contribution in [2.75, 3.05) is 12.4 Å². The number of hydrogen-bond acceptors (Lipinski definition) is 2. The Balaban J connectivity index is 1.65. The van der Waals surface area contributed by atoms with Gasteiger partial charge in [0.1, 0.15) is 0 Å². The van der Waals surface area contributed by atoms with Crippen molar-refractivity contribution in [3.8, 4) is 11.1 Å². The number of anilines is 1. The molecule has 0 aliphatic heterocycles. The first-order valence-corrected chi connectivity index (χ1v) is 8.42. The normalized spacial score (nSPS) is 10.2. The zero-order valence-corrected chi connectivity index (χ0v) is 14.5. The lowest BCUT2D eigenvalue weighted by atomic mass is 10.0. The second kappa shape index (κ2) is 8.12. The van der Waals surface area contributed by atoms with Gasteiger partial charge in [0.05, 0.1) is 6.42 Å². The number of carbonyl (C=O) groups excluding carboxylic acids is 2. The molecule has 0 fully saturated rings. The molecule has 130 valence electrons. The summed E-state index contributed by atoms with van der Waals surface area (Å²) in [7, 11) is 1.61. The average molecular weight is 344 g/mol. The van der Waals surface area contributed by atoms with Crippen LogP contribution in [0.4, 0.5) is 5.69 Å². The summed E-state index contributed by atoms with van der Waals surface area (Å²) in [6, 6.07) is 24.8. The average Bonchev–Trinajstić information content (AvgIpc) is 2.70. The maximum absolute atomic E-state index is 12.4. The third kappa shape index (κ3) is 4.36. The van der Waals surface area contributed by atoms with Gasteiger partial charge in [-0.2, -0.15) is 0 Å². The highest BCUT2D eigenvalue weighted by Gasteiger charge is 2.07. The van der Waals surface area contributed by atoms with Crippen molar-refractivity contribution >= 4 is 17.5 Å². The largest absolute Gasteiger partial charge is 0.359 e. The fraction of sp³-hybridized carbons (Fsp3) is 0.0909. The molecule has 0 aliphatic carbocycles. The van der Waals surface area contributed by atoms with Crippen LogP contribution in [0.15, 0.2) is 78.9 Å². The van der Waals surface area contributed by atoms with E-state index >= 15 is 0 Å². The summed E-state index contributed by atoms with van der Waals surface area (Å²) in [6.07, 6.45) is 0.325. The molecule has 0 spiro atoms. The van der Waals surface area contributed by atoms with Crippen LogP contribution in [0.1, 0.15) is 15.9 Å². The van der Waals surface area contributed by atoms with Crippen LogP contribution < -0.4 is 10.6 Å². The van der Waals surface area contributed by atoms with Gasteiger partial charge in [-0.25, -0.2) is 0 Å². The highest BCUT2D eigenvalue weighted by molar-refractivity contribution is 6.04. The van der Waals surface area contributed by atoms with Crippen LogP contribution in [0.25, 0.3) is 11.1 Å². The third-order valence-electron chi connectivity index (χ3n) is 4.11. The number of benzene rings is 3. The molecule has 0 heterocycles. The van der Waals surface area contributed by atoms with E-state index in [0.717, 1.165) is 16.7 Å². The Morgan fingerprint density at radius 2 is 1.38 bits per heavy atom. The minimum absolute atomic E-state index is 0.0414. The van der Waals surface area contributed by atoms with Crippen molar-refractivity contribution in [1.82, 2.24) is 5.32 Å². The summed E-state index contributed by atoms with van der Waals surface area (Å²) in [5.74, 6) is -0.205. The van der Waals surface area contributed by atoms with Crippen molar-refractivity contribution in [3.63, 3.8) is 0 Å². The number of hydrogen-bond donors (Lipinski definition) is 2. The molecule has 26 heavy (non-hydrogen) atoms. The minimum Gasteiger partial charge on any atom is -0.359 e. The van der Waals surface area contributed by atoms with Crippen LogP contribution in [-0.2, 0) is 11.2 Å². The molecule has 0 aliphatic rings. The summed E-state index contributed by atoms with van der Waals surface area (Å²) in [6.45, 7) is 0. The molecule has 0 radical (unpaired) electrons. The Morgan fingerprint density at radius 3 is 2.00 bits per heavy atom. The van der Waals surface area contributed by atoms with E-state index in [-0.39, 0.29) is 11.8 Å². The second-order valence-corrected chi connectivity index (χ2v) is 5.94. The number of nitrogens with one attached hydrogen (secondary N) is 2. The summed E-state index contributed by atoms with van der Waals surface area (Å²) < 4.78 is 0. The maximum atomic E-state index is 12.4. The van der Waals surface area contributed by atoms with Gasteiger partial charge in [-0.1, -0.05) is 54.6 Å². The van der Waals surface area contributed by atoms with Gasteiger partial charge in [0.15, 0.2) is 0 Å². The second-order valence-electron chi connectivity index (χ2n) is 5.94. The van der Waals surface area contributed by atoms with Crippen LogP contribution in [0, 0.1) is 0 Å². The molecular formula is C22H20N2O2. The van der Waals surface area contributed by atoms with E-state index in [1.54, 1.807) is 19.2 Å². The quantitative estimate of drug-likeness (QED) is 0.738. The maximum Gasteiger partial charge on any atom is 0.255 e. The van der Waals surface area contributed by atoms with Crippen LogP contribution in [0.3, 0.4) is 0 Å². The zero-order chi connectivity index (χ0) is 18.4. The molecule has 2 amide bonds. The predicted molar refractivity (Wildman–Crippen MR) is 104 cm³/mol. The van der Waals surface area contributed by atoms with E-state index in [4.69, 9.17) is 0 Å². The Labute approximate surface area is 152 Å². The Morgan fingerprint density at radius 1 is 0.769 bits per heavy atom. The van der Waals surface area contributed by atoms with Gasteiger partial charge >= 0.3 is 0 Å². The van der Waals surface area contributed by atoms with Crippen molar-refractivity contribution in [1.29, 1.82) is 0 Å². The molecule has 0 aromatic heterocycles. The molecule has 3 aromatic carbocycles. The fourth-order valence-electron chi connectivity index (χ4n) is 2.63. The predicted octanol–water partition coefficient (Wildman–Crippen LogP) is 3.89. The number of carbonyl (C=O) groups is 2. The molecule has 3 rings (SSSR count). The van der Waals surface area contributed by atoms with E-state index < -0.39 is 0 Å².